The van der Waals surface area contributed by atoms with Crippen LogP contribution in [0.2, 0.25) is 0 Å². The van der Waals surface area contributed by atoms with Crippen molar-refractivity contribution in [1.82, 2.24) is 15.0 Å². The molecule has 0 atom stereocenters. The Labute approximate surface area is 117 Å². The van der Waals surface area contributed by atoms with Gasteiger partial charge in [0.15, 0.2) is 0 Å². The van der Waals surface area contributed by atoms with Crippen molar-refractivity contribution >= 4 is 11.6 Å². The van der Waals surface area contributed by atoms with Gasteiger partial charge in [0.05, 0.1) is 17.8 Å². The number of nitriles is 1. The van der Waals surface area contributed by atoms with E-state index in [4.69, 9.17) is 5.26 Å². The monoisotopic (exact) mass is 266 g/mol. The van der Waals surface area contributed by atoms with Crippen molar-refractivity contribution in [3.8, 4) is 6.07 Å². The molecule has 1 aliphatic rings. The molecule has 0 radical (unpaired) electrons. The molecule has 6 heteroatoms. The molecule has 0 bridgehead atoms. The summed E-state index contributed by atoms with van der Waals surface area (Å²) in [5, 5.41) is 8.77. The molecule has 2 aromatic rings. The van der Waals surface area contributed by atoms with Gasteiger partial charge in [-0.25, -0.2) is 9.97 Å². The Morgan fingerprint density at radius 2 is 2.10 bits per heavy atom. The van der Waals surface area contributed by atoms with E-state index in [1.165, 1.54) is 0 Å². The van der Waals surface area contributed by atoms with Gasteiger partial charge in [-0.15, -0.1) is 0 Å². The van der Waals surface area contributed by atoms with Crippen molar-refractivity contribution in [2.45, 2.75) is 6.04 Å². The van der Waals surface area contributed by atoms with Gasteiger partial charge in [0.2, 0.25) is 0 Å². The lowest BCUT2D eigenvalue weighted by molar-refractivity contribution is 0.489. The molecule has 0 aliphatic carbocycles. The molecule has 20 heavy (non-hydrogen) atoms. The van der Waals surface area contributed by atoms with Crippen molar-refractivity contribution in [2.24, 2.45) is 0 Å². The molecule has 0 saturated carbocycles. The van der Waals surface area contributed by atoms with Crippen LogP contribution in [0.3, 0.4) is 0 Å². The fraction of sp³-hybridized carbons (Fsp3) is 0.286. The van der Waals surface area contributed by atoms with E-state index in [1.807, 2.05) is 13.1 Å². The first-order chi connectivity index (χ1) is 9.78. The van der Waals surface area contributed by atoms with Gasteiger partial charge >= 0.3 is 0 Å². The summed E-state index contributed by atoms with van der Waals surface area (Å²) >= 11 is 0. The van der Waals surface area contributed by atoms with Gasteiger partial charge in [0.1, 0.15) is 17.7 Å². The molecular weight excluding hydrogens is 252 g/mol. The second-order valence-corrected chi connectivity index (χ2v) is 4.75. The summed E-state index contributed by atoms with van der Waals surface area (Å²) in [6.07, 6.45) is 6.75. The summed E-state index contributed by atoms with van der Waals surface area (Å²) in [6.45, 7) is 1.80. The minimum Gasteiger partial charge on any atom is -0.353 e. The molecule has 1 saturated heterocycles. The number of rotatable bonds is 3. The maximum Gasteiger partial charge on any atom is 0.147 e. The third-order valence-electron chi connectivity index (χ3n) is 3.52. The highest BCUT2D eigenvalue weighted by Crippen LogP contribution is 2.23. The van der Waals surface area contributed by atoms with Crippen LogP contribution in [-0.2, 0) is 0 Å². The van der Waals surface area contributed by atoms with Crippen LogP contribution in [0.15, 0.2) is 36.9 Å². The van der Waals surface area contributed by atoms with Gasteiger partial charge in [0.25, 0.3) is 0 Å². The summed E-state index contributed by atoms with van der Waals surface area (Å²) in [5.41, 5.74) is 0.581. The van der Waals surface area contributed by atoms with E-state index in [2.05, 4.69) is 30.8 Å². The number of hydrogen-bond acceptors (Lipinski definition) is 6. The van der Waals surface area contributed by atoms with Crippen LogP contribution in [-0.4, -0.2) is 41.1 Å². The Hall–Kier alpha value is -2.68. The molecule has 3 rings (SSSR count). The van der Waals surface area contributed by atoms with Gasteiger partial charge in [0, 0.05) is 38.7 Å². The predicted molar refractivity (Wildman–Crippen MR) is 75.4 cm³/mol. The molecular formula is C14H14N6. The lowest BCUT2D eigenvalue weighted by Crippen LogP contribution is -2.59. The van der Waals surface area contributed by atoms with Crippen LogP contribution in [0.5, 0.6) is 0 Å². The first-order valence-electron chi connectivity index (χ1n) is 6.38. The predicted octanol–water partition coefficient (Wildman–Crippen LogP) is 1.07. The van der Waals surface area contributed by atoms with E-state index in [-0.39, 0.29) is 0 Å². The third-order valence-corrected chi connectivity index (χ3v) is 3.52. The van der Waals surface area contributed by atoms with Crippen molar-refractivity contribution < 1.29 is 0 Å². The van der Waals surface area contributed by atoms with E-state index < -0.39 is 0 Å². The van der Waals surface area contributed by atoms with Crippen LogP contribution in [0.25, 0.3) is 0 Å². The van der Waals surface area contributed by atoms with Gasteiger partial charge < -0.3 is 9.80 Å². The fourth-order valence-corrected chi connectivity index (χ4v) is 2.19. The zero-order chi connectivity index (χ0) is 13.9. The second kappa shape index (κ2) is 5.13. The fourth-order valence-electron chi connectivity index (χ4n) is 2.19. The zero-order valence-electron chi connectivity index (χ0n) is 11.1. The molecule has 100 valence electrons. The third kappa shape index (κ3) is 2.26. The molecule has 0 amide bonds. The number of hydrogen-bond donors (Lipinski definition) is 0. The Kier molecular flexibility index (Phi) is 3.17. The first kappa shape index (κ1) is 12.4. The molecule has 0 unspecified atom stereocenters. The second-order valence-electron chi connectivity index (χ2n) is 4.75. The number of likely N-dealkylation sites (N-methyl/N-ethyl adjacent to an activating group) is 1. The minimum atomic E-state index is 0.400. The van der Waals surface area contributed by atoms with Gasteiger partial charge in [-0.2, -0.15) is 5.26 Å². The summed E-state index contributed by atoms with van der Waals surface area (Å²) < 4.78 is 0. The number of anilines is 2. The normalized spacial score (nSPS) is 14.5. The molecule has 3 heterocycles. The zero-order valence-corrected chi connectivity index (χ0v) is 11.1. The van der Waals surface area contributed by atoms with Crippen molar-refractivity contribution in [3.05, 3.63) is 42.5 Å². The molecule has 2 aromatic heterocycles. The quantitative estimate of drug-likeness (QED) is 0.827. The van der Waals surface area contributed by atoms with E-state index in [0.717, 1.165) is 24.7 Å². The lowest BCUT2D eigenvalue weighted by atomic mass is 10.1. The minimum absolute atomic E-state index is 0.400. The Morgan fingerprint density at radius 1 is 1.25 bits per heavy atom. The van der Waals surface area contributed by atoms with E-state index >= 15 is 0 Å². The Morgan fingerprint density at radius 3 is 2.70 bits per heavy atom. The average Bonchev–Trinajstić information content (AvgIpc) is 2.47. The largest absolute Gasteiger partial charge is 0.353 e. The Balaban J connectivity index is 1.63. The smallest absolute Gasteiger partial charge is 0.147 e. The maximum atomic E-state index is 8.77. The van der Waals surface area contributed by atoms with Crippen LogP contribution in [0.4, 0.5) is 11.6 Å². The molecule has 1 aliphatic heterocycles. The average molecular weight is 266 g/mol. The number of aromatic nitrogens is 3. The molecule has 1 fully saturated rings. The summed E-state index contributed by atoms with van der Waals surface area (Å²) in [4.78, 5) is 17.0. The highest BCUT2D eigenvalue weighted by molar-refractivity contribution is 5.47. The Bertz CT molecular complexity index is 612. The number of pyridine rings is 1. The van der Waals surface area contributed by atoms with Crippen LogP contribution < -0.4 is 9.80 Å². The first-order valence-corrected chi connectivity index (χ1v) is 6.38. The summed E-state index contributed by atoms with van der Waals surface area (Å²) in [6, 6.07) is 6.14. The van der Waals surface area contributed by atoms with E-state index in [0.29, 0.717) is 11.6 Å². The highest BCUT2D eigenvalue weighted by Gasteiger charge is 2.31. The van der Waals surface area contributed by atoms with Gasteiger partial charge in [-0.05, 0) is 12.1 Å². The van der Waals surface area contributed by atoms with Gasteiger partial charge in [-0.3, -0.25) is 4.98 Å². The van der Waals surface area contributed by atoms with Gasteiger partial charge in [-0.1, -0.05) is 0 Å². The summed E-state index contributed by atoms with van der Waals surface area (Å²) in [7, 11) is 2.02. The van der Waals surface area contributed by atoms with Crippen LogP contribution in [0, 0.1) is 11.3 Å². The SMILES string of the molecule is CN(c1ccc(C#N)cn1)C1CN(c2cnccn2)C1. The highest BCUT2D eigenvalue weighted by atomic mass is 15.3. The van der Waals surface area contributed by atoms with E-state index in [1.54, 1.807) is 30.9 Å². The van der Waals surface area contributed by atoms with Crippen molar-refractivity contribution in [2.75, 3.05) is 29.9 Å². The topological polar surface area (TPSA) is 68.9 Å². The lowest BCUT2D eigenvalue weighted by Gasteiger charge is -2.44. The molecule has 0 aromatic carbocycles. The van der Waals surface area contributed by atoms with Crippen molar-refractivity contribution in [3.63, 3.8) is 0 Å². The molecule has 0 spiro atoms. The summed E-state index contributed by atoms with van der Waals surface area (Å²) in [5.74, 6) is 1.79. The number of nitrogens with zero attached hydrogens (tertiary/aromatic N) is 6. The van der Waals surface area contributed by atoms with Crippen LogP contribution in [0.1, 0.15) is 5.56 Å². The van der Waals surface area contributed by atoms with Crippen LogP contribution >= 0.6 is 0 Å². The molecule has 6 nitrogen and oxygen atoms in total. The standard InChI is InChI=1S/C14H14N6/c1-19(13-3-2-11(6-15)7-18-13)12-9-20(10-12)14-8-16-4-5-17-14/h2-5,7-8,12H,9-10H2,1H3. The van der Waals surface area contributed by atoms with Crippen molar-refractivity contribution in [1.29, 1.82) is 5.26 Å². The molecule has 0 N–H and O–H groups in total. The van der Waals surface area contributed by atoms with E-state index in [9.17, 15) is 0 Å². The maximum absolute atomic E-state index is 8.77.